The summed E-state index contributed by atoms with van der Waals surface area (Å²) < 4.78 is 52.8. The molecule has 0 spiro atoms. The van der Waals surface area contributed by atoms with E-state index in [2.05, 4.69) is 15.9 Å². The van der Waals surface area contributed by atoms with Gasteiger partial charge in [-0.1, -0.05) is 6.07 Å². The Balaban J connectivity index is 2.62. The van der Waals surface area contributed by atoms with Crippen LogP contribution in [0.5, 0.6) is 0 Å². The lowest BCUT2D eigenvalue weighted by Crippen LogP contribution is -2.34. The molecule has 0 aliphatic carbocycles. The summed E-state index contributed by atoms with van der Waals surface area (Å²) in [5, 5.41) is 0. The number of primary amides is 1. The summed E-state index contributed by atoms with van der Waals surface area (Å²) in [5.74, 6) is -1.72. The highest BCUT2D eigenvalue weighted by Gasteiger charge is 2.35. The van der Waals surface area contributed by atoms with Crippen LogP contribution in [0, 0.1) is 5.82 Å². The standard InChI is InChI=1S/C14H9BrF4N2O2/c15-9-5-7(1-3-10(9)16)6-21-11(14(17,18)19)4-2-8(12(20)22)13(21)23/h1-5H,6H2,(H2,20,22). The summed E-state index contributed by atoms with van der Waals surface area (Å²) >= 11 is 2.91. The predicted octanol–water partition coefficient (Wildman–Crippen LogP) is 2.92. The fraction of sp³-hybridized carbons (Fsp3) is 0.143. The zero-order valence-corrected chi connectivity index (χ0v) is 12.9. The molecule has 4 nitrogen and oxygen atoms in total. The number of nitrogens with zero attached hydrogens (tertiary/aromatic N) is 1. The monoisotopic (exact) mass is 392 g/mol. The van der Waals surface area contributed by atoms with Gasteiger partial charge in [0.25, 0.3) is 11.5 Å². The van der Waals surface area contributed by atoms with Gasteiger partial charge < -0.3 is 5.73 Å². The maximum Gasteiger partial charge on any atom is 0.431 e. The van der Waals surface area contributed by atoms with Gasteiger partial charge in [-0.3, -0.25) is 14.2 Å². The van der Waals surface area contributed by atoms with Crippen LogP contribution >= 0.6 is 15.9 Å². The number of carbonyl (C=O) groups is 1. The normalized spacial score (nSPS) is 11.5. The number of rotatable bonds is 3. The van der Waals surface area contributed by atoms with Gasteiger partial charge in [-0.2, -0.15) is 13.2 Å². The third kappa shape index (κ3) is 3.61. The van der Waals surface area contributed by atoms with E-state index in [-0.39, 0.29) is 10.0 Å². The lowest BCUT2D eigenvalue weighted by Gasteiger charge is -2.16. The molecule has 122 valence electrons. The number of carbonyl (C=O) groups excluding carboxylic acids is 1. The van der Waals surface area contributed by atoms with E-state index in [1.807, 2.05) is 0 Å². The van der Waals surface area contributed by atoms with E-state index in [1.54, 1.807) is 0 Å². The zero-order valence-electron chi connectivity index (χ0n) is 11.3. The van der Waals surface area contributed by atoms with Gasteiger partial charge in [-0.15, -0.1) is 0 Å². The van der Waals surface area contributed by atoms with Crippen LogP contribution in [0.4, 0.5) is 17.6 Å². The van der Waals surface area contributed by atoms with Crippen molar-refractivity contribution in [2.24, 2.45) is 5.73 Å². The molecule has 0 aliphatic rings. The molecule has 23 heavy (non-hydrogen) atoms. The predicted molar refractivity (Wildman–Crippen MR) is 77.4 cm³/mol. The lowest BCUT2D eigenvalue weighted by molar-refractivity contribution is -0.144. The molecule has 1 aromatic carbocycles. The van der Waals surface area contributed by atoms with Crippen molar-refractivity contribution >= 4 is 21.8 Å². The first-order valence-corrected chi connectivity index (χ1v) is 6.95. The number of amides is 1. The van der Waals surface area contributed by atoms with Crippen molar-refractivity contribution < 1.29 is 22.4 Å². The van der Waals surface area contributed by atoms with Crippen LogP contribution in [0.25, 0.3) is 0 Å². The van der Waals surface area contributed by atoms with E-state index in [0.29, 0.717) is 10.6 Å². The van der Waals surface area contributed by atoms with E-state index in [1.165, 1.54) is 12.1 Å². The molecule has 9 heteroatoms. The number of alkyl halides is 3. The highest BCUT2D eigenvalue weighted by molar-refractivity contribution is 9.10. The molecular formula is C14H9BrF4N2O2. The summed E-state index contributed by atoms with van der Waals surface area (Å²) in [7, 11) is 0. The summed E-state index contributed by atoms with van der Waals surface area (Å²) in [4.78, 5) is 23.3. The molecule has 0 unspecified atom stereocenters. The molecule has 1 heterocycles. The van der Waals surface area contributed by atoms with Crippen molar-refractivity contribution in [2.75, 3.05) is 0 Å². The molecule has 1 amide bonds. The molecule has 0 saturated carbocycles. The molecule has 0 aliphatic heterocycles. The summed E-state index contributed by atoms with van der Waals surface area (Å²) in [6.07, 6.45) is -4.80. The molecule has 0 fully saturated rings. The van der Waals surface area contributed by atoms with Crippen LogP contribution in [0.15, 0.2) is 39.6 Å². The van der Waals surface area contributed by atoms with E-state index in [4.69, 9.17) is 5.73 Å². The van der Waals surface area contributed by atoms with E-state index >= 15 is 0 Å². The fourth-order valence-corrected chi connectivity index (χ4v) is 2.42. The smallest absolute Gasteiger partial charge is 0.365 e. The largest absolute Gasteiger partial charge is 0.431 e. The first-order chi connectivity index (χ1) is 10.6. The van der Waals surface area contributed by atoms with Gasteiger partial charge in [0, 0.05) is 0 Å². The lowest BCUT2D eigenvalue weighted by atomic mass is 10.1. The second-order valence-electron chi connectivity index (χ2n) is 4.63. The Morgan fingerprint density at radius 1 is 1.22 bits per heavy atom. The third-order valence-corrected chi connectivity index (χ3v) is 3.66. The van der Waals surface area contributed by atoms with Crippen molar-refractivity contribution in [3.05, 3.63) is 67.8 Å². The molecule has 1 aromatic heterocycles. The highest BCUT2D eigenvalue weighted by atomic mass is 79.9. The zero-order chi connectivity index (χ0) is 17.4. The van der Waals surface area contributed by atoms with Crippen LogP contribution < -0.4 is 11.3 Å². The number of halogens is 5. The van der Waals surface area contributed by atoms with Gasteiger partial charge in [0.2, 0.25) is 0 Å². The van der Waals surface area contributed by atoms with Crippen molar-refractivity contribution in [2.45, 2.75) is 12.7 Å². The first kappa shape index (κ1) is 17.2. The highest BCUT2D eigenvalue weighted by Crippen LogP contribution is 2.29. The van der Waals surface area contributed by atoms with Gasteiger partial charge >= 0.3 is 6.18 Å². The molecular weight excluding hydrogens is 384 g/mol. The molecule has 0 atom stereocenters. The Hall–Kier alpha value is -2.16. The minimum Gasteiger partial charge on any atom is -0.365 e. The maximum atomic E-state index is 13.2. The average Bonchev–Trinajstić information content (AvgIpc) is 2.43. The van der Waals surface area contributed by atoms with Crippen LogP contribution in [0.1, 0.15) is 21.6 Å². The molecule has 0 saturated heterocycles. The average molecular weight is 393 g/mol. The van der Waals surface area contributed by atoms with E-state index in [0.717, 1.165) is 12.1 Å². The Bertz CT molecular complexity index is 831. The van der Waals surface area contributed by atoms with Gasteiger partial charge in [0.05, 0.1) is 11.0 Å². The van der Waals surface area contributed by atoms with Crippen LogP contribution in [0.2, 0.25) is 0 Å². The second-order valence-corrected chi connectivity index (χ2v) is 5.49. The Morgan fingerprint density at radius 2 is 1.87 bits per heavy atom. The number of aromatic nitrogens is 1. The summed E-state index contributed by atoms with van der Waals surface area (Å²) in [5.41, 5.74) is 2.29. The number of nitrogens with two attached hydrogens (primary N) is 1. The van der Waals surface area contributed by atoms with Crippen LogP contribution in [-0.4, -0.2) is 10.5 Å². The summed E-state index contributed by atoms with van der Waals surface area (Å²) in [6, 6.07) is 4.89. The van der Waals surface area contributed by atoms with Gasteiger partial charge in [0.15, 0.2) is 0 Å². The van der Waals surface area contributed by atoms with Crippen LogP contribution in [0.3, 0.4) is 0 Å². The first-order valence-electron chi connectivity index (χ1n) is 6.16. The van der Waals surface area contributed by atoms with Crippen molar-refractivity contribution in [1.29, 1.82) is 0 Å². The van der Waals surface area contributed by atoms with Crippen molar-refractivity contribution in [3.8, 4) is 0 Å². The summed E-state index contributed by atoms with van der Waals surface area (Å²) in [6.45, 7) is -0.492. The van der Waals surface area contributed by atoms with E-state index < -0.39 is 41.3 Å². The van der Waals surface area contributed by atoms with Crippen LogP contribution in [-0.2, 0) is 12.7 Å². The Morgan fingerprint density at radius 3 is 2.39 bits per heavy atom. The molecule has 0 bridgehead atoms. The number of benzene rings is 1. The Kier molecular flexibility index (Phi) is 4.60. The van der Waals surface area contributed by atoms with E-state index in [9.17, 15) is 27.2 Å². The van der Waals surface area contributed by atoms with Crippen molar-refractivity contribution in [3.63, 3.8) is 0 Å². The third-order valence-electron chi connectivity index (χ3n) is 3.05. The van der Waals surface area contributed by atoms with Crippen molar-refractivity contribution in [1.82, 2.24) is 4.57 Å². The molecule has 0 radical (unpaired) electrons. The molecule has 2 rings (SSSR count). The Labute approximate surface area is 135 Å². The molecule has 2 aromatic rings. The SMILES string of the molecule is NC(=O)c1ccc(C(F)(F)F)n(Cc2ccc(F)c(Br)c2)c1=O. The second kappa shape index (κ2) is 6.15. The quantitative estimate of drug-likeness (QED) is 0.816. The van der Waals surface area contributed by atoms with Gasteiger partial charge in [0.1, 0.15) is 17.1 Å². The molecule has 2 N–H and O–H groups in total. The van der Waals surface area contributed by atoms with Gasteiger partial charge in [-0.25, -0.2) is 4.39 Å². The fourth-order valence-electron chi connectivity index (χ4n) is 1.99. The number of hydrogen-bond donors (Lipinski definition) is 1. The topological polar surface area (TPSA) is 65.1 Å². The minimum absolute atomic E-state index is 0.0441. The minimum atomic E-state index is -4.80. The number of hydrogen-bond acceptors (Lipinski definition) is 2. The maximum absolute atomic E-state index is 13.2. The number of pyridine rings is 1. The van der Waals surface area contributed by atoms with Gasteiger partial charge in [-0.05, 0) is 45.8 Å².